The van der Waals surface area contributed by atoms with Crippen LogP contribution in [0.4, 0.5) is 27.2 Å². The van der Waals surface area contributed by atoms with Gasteiger partial charge in [-0.3, -0.25) is 0 Å². The van der Waals surface area contributed by atoms with Crippen molar-refractivity contribution < 1.29 is 53.2 Å². The van der Waals surface area contributed by atoms with Crippen LogP contribution >= 0.6 is 0 Å². The van der Waals surface area contributed by atoms with Gasteiger partial charge in [0.25, 0.3) is 0 Å². The van der Waals surface area contributed by atoms with Crippen LogP contribution < -0.4 is 18.4 Å². The number of nitrogens with one attached hydrogen (secondary N) is 2. The van der Waals surface area contributed by atoms with Crippen LogP contribution in [0, 0.1) is 35.1 Å². The first kappa shape index (κ1) is 36.2. The van der Waals surface area contributed by atoms with Gasteiger partial charge in [0, 0.05) is 0 Å². The Hall–Kier alpha value is -3.63. The number of hydrogen-bond acceptors (Lipinski definition) is 4. The molecule has 0 saturated carbocycles. The molecule has 0 atom stereocenters. The molecule has 2 aliphatic rings. The molecule has 0 radical (unpaired) electrons. The number of carbonyl (C=O) groups excluding carboxylic acids is 2. The van der Waals surface area contributed by atoms with E-state index < -0.39 is 52.0 Å². The number of hydrogen-bond donors (Lipinski definition) is 2. The van der Waals surface area contributed by atoms with Crippen LogP contribution in [0.3, 0.4) is 0 Å². The van der Waals surface area contributed by atoms with Gasteiger partial charge in [0.15, 0.2) is 0 Å². The van der Waals surface area contributed by atoms with Crippen LogP contribution in [-0.2, 0) is 38.9 Å². The molecule has 6 nitrogen and oxygen atoms in total. The van der Waals surface area contributed by atoms with Gasteiger partial charge in [0.2, 0.25) is 0 Å². The van der Waals surface area contributed by atoms with E-state index in [0.29, 0.717) is 7.76 Å². The number of allylic oxidation sites excluding steroid dienone is 8. The Labute approximate surface area is 277 Å². The first-order valence-electron chi connectivity index (χ1n) is 15.9. The molecule has 0 spiro atoms. The average Bonchev–Trinajstić information content (AvgIpc) is 3.76. The van der Waals surface area contributed by atoms with Crippen LogP contribution in [0.15, 0.2) is 68.5 Å². The molecule has 11 heteroatoms. The third-order valence-corrected chi connectivity index (χ3v) is 16.0. The predicted octanol–water partition coefficient (Wildman–Crippen LogP) is 6.88. The second kappa shape index (κ2) is 16.5. The standard InChI is InChI=1S/2C13H16F2NO2.2C5H5.Ti/c2*1-9(2)8-18-13(17)16-6-5-10-3-4-11(14)7-12(10)15;2*1-2-4-5-3-1;/h2*3-4,9H,5-6,8H2,1-2H3,(H,16,17);2*1-3H,4H2;. The fraction of sp³-hybridized carbons (Fsp3) is 0.389. The SMILES string of the molecule is CC(C)COC(=O)NCCc1ccc(F)[c]([Ti]([C]2=CC=CC2)([C]2=CC=CC2)[c]2c(F)ccc(CCNC(=O)OCC(C)C)c2F)c1F. The first-order valence-corrected chi connectivity index (χ1v) is 19.1. The van der Waals surface area contributed by atoms with E-state index in [2.05, 4.69) is 10.6 Å². The molecular formula is C36H42F4N2O4Ti. The summed E-state index contributed by atoms with van der Waals surface area (Å²) in [4.78, 5) is 24.2. The van der Waals surface area contributed by atoms with Crippen molar-refractivity contribution in [2.75, 3.05) is 26.3 Å². The summed E-state index contributed by atoms with van der Waals surface area (Å²) in [6, 6.07) is 4.89. The number of amides is 2. The van der Waals surface area contributed by atoms with E-state index >= 15 is 17.6 Å². The quantitative estimate of drug-likeness (QED) is 0.167. The van der Waals surface area contributed by atoms with Crippen LogP contribution in [-0.4, -0.2) is 38.5 Å². The first-order chi connectivity index (χ1) is 22.5. The van der Waals surface area contributed by atoms with Gasteiger partial charge < -0.3 is 0 Å². The van der Waals surface area contributed by atoms with Crippen LogP contribution in [0.5, 0.6) is 0 Å². The molecule has 0 heterocycles. The molecule has 0 aliphatic heterocycles. The van der Waals surface area contributed by atoms with Gasteiger partial charge in [0.05, 0.1) is 0 Å². The topological polar surface area (TPSA) is 76.7 Å². The summed E-state index contributed by atoms with van der Waals surface area (Å²) in [5.74, 6) is -3.23. The Kier molecular flexibility index (Phi) is 12.7. The molecule has 2 aromatic rings. The van der Waals surface area contributed by atoms with Crippen LogP contribution in [0.1, 0.15) is 51.7 Å². The fourth-order valence-corrected chi connectivity index (χ4v) is 14.2. The molecule has 252 valence electrons. The number of alkyl carbamates (subject to hydrolysis) is 2. The van der Waals surface area contributed by atoms with Crippen molar-refractivity contribution in [3.8, 4) is 0 Å². The third-order valence-electron chi connectivity index (χ3n) is 8.02. The summed E-state index contributed by atoms with van der Waals surface area (Å²) in [6.45, 7) is 8.05. The molecule has 2 amide bonds. The minimum atomic E-state index is -5.01. The van der Waals surface area contributed by atoms with E-state index in [4.69, 9.17) is 9.47 Å². The average molecular weight is 691 g/mol. The molecule has 0 unspecified atom stereocenters. The second-order valence-electron chi connectivity index (χ2n) is 12.5. The molecule has 4 rings (SSSR count). The molecule has 0 bridgehead atoms. The van der Waals surface area contributed by atoms with Crippen LogP contribution in [0.2, 0.25) is 0 Å². The minimum absolute atomic E-state index is 0.00634. The summed E-state index contributed by atoms with van der Waals surface area (Å²) in [5.41, 5.74) is 0.222. The van der Waals surface area contributed by atoms with E-state index in [1.54, 1.807) is 24.3 Å². The van der Waals surface area contributed by atoms with Gasteiger partial charge in [-0.2, -0.15) is 0 Å². The van der Waals surface area contributed by atoms with Gasteiger partial charge in [0.1, 0.15) is 0 Å². The number of ether oxygens (including phenoxy) is 2. The van der Waals surface area contributed by atoms with Crippen molar-refractivity contribution in [1.82, 2.24) is 10.6 Å². The van der Waals surface area contributed by atoms with Gasteiger partial charge in [-0.1, -0.05) is 0 Å². The maximum atomic E-state index is 16.8. The predicted molar refractivity (Wildman–Crippen MR) is 171 cm³/mol. The van der Waals surface area contributed by atoms with E-state index in [1.165, 1.54) is 12.1 Å². The van der Waals surface area contributed by atoms with E-state index in [0.717, 1.165) is 12.1 Å². The normalized spacial score (nSPS) is 14.1. The van der Waals surface area contributed by atoms with Crippen molar-refractivity contribution >= 4 is 19.9 Å². The Balaban J connectivity index is 1.78. The molecule has 0 saturated heterocycles. The second-order valence-corrected chi connectivity index (χ2v) is 18.4. The molecular weight excluding hydrogens is 648 g/mol. The molecule has 0 fully saturated rings. The van der Waals surface area contributed by atoms with Crippen molar-refractivity contribution in [2.45, 2.75) is 53.4 Å². The number of halogens is 4. The molecule has 2 aliphatic carbocycles. The molecule has 47 heavy (non-hydrogen) atoms. The summed E-state index contributed by atoms with van der Waals surface area (Å²) in [6.07, 6.45) is 9.87. The number of carbonyl (C=O) groups is 2. The molecule has 0 aromatic heterocycles. The maximum absolute atomic E-state index is 16.8. The Bertz CT molecular complexity index is 1480. The number of rotatable bonds is 14. The van der Waals surface area contributed by atoms with Gasteiger partial charge in [-0.25, -0.2) is 0 Å². The van der Waals surface area contributed by atoms with Gasteiger partial charge in [-0.15, -0.1) is 0 Å². The Morgan fingerprint density at radius 2 is 1.11 bits per heavy atom. The summed E-state index contributed by atoms with van der Waals surface area (Å²) in [5, 5.41) is 5.17. The Morgan fingerprint density at radius 3 is 1.45 bits per heavy atom. The van der Waals surface area contributed by atoms with Crippen LogP contribution in [0.25, 0.3) is 0 Å². The number of benzene rings is 2. The van der Waals surface area contributed by atoms with Crippen molar-refractivity contribution in [2.24, 2.45) is 11.8 Å². The zero-order chi connectivity index (χ0) is 34.1. The molecule has 2 aromatic carbocycles. The zero-order valence-electron chi connectivity index (χ0n) is 27.2. The van der Waals surface area contributed by atoms with E-state index in [1.807, 2.05) is 39.8 Å². The van der Waals surface area contributed by atoms with Gasteiger partial charge in [-0.05, 0) is 0 Å². The monoisotopic (exact) mass is 690 g/mol. The summed E-state index contributed by atoms with van der Waals surface area (Å²) in [7, 11) is 0. The van der Waals surface area contributed by atoms with Crippen molar-refractivity contribution in [1.29, 1.82) is 0 Å². The Morgan fingerprint density at radius 1 is 0.702 bits per heavy atom. The summed E-state index contributed by atoms with van der Waals surface area (Å²) >= 11 is -5.01. The van der Waals surface area contributed by atoms with Crippen molar-refractivity contribution in [3.05, 3.63) is 103 Å². The van der Waals surface area contributed by atoms with E-state index in [-0.39, 0.29) is 82.7 Å². The van der Waals surface area contributed by atoms with E-state index in [9.17, 15) is 9.59 Å². The van der Waals surface area contributed by atoms with Gasteiger partial charge >= 0.3 is 278 Å². The molecule has 2 N–H and O–H groups in total. The van der Waals surface area contributed by atoms with Crippen molar-refractivity contribution in [3.63, 3.8) is 0 Å². The third kappa shape index (κ3) is 8.46. The zero-order valence-corrected chi connectivity index (χ0v) is 28.8. The summed E-state index contributed by atoms with van der Waals surface area (Å²) < 4.78 is 77.0. The fourth-order valence-electron chi connectivity index (χ4n) is 5.87.